The summed E-state index contributed by atoms with van der Waals surface area (Å²) in [6.45, 7) is 7.29. The Balaban J connectivity index is 1.45. The number of rotatable bonds is 9. The molecule has 1 aliphatic carbocycles. The molecule has 0 unspecified atom stereocenters. The number of aromatic hydroxyl groups is 1. The smallest absolute Gasteiger partial charge is 0.329 e. The summed E-state index contributed by atoms with van der Waals surface area (Å²) in [6.07, 6.45) is 6.59. The van der Waals surface area contributed by atoms with Crippen molar-refractivity contribution in [3.05, 3.63) is 155 Å². The number of urea groups is 1. The zero-order chi connectivity index (χ0) is 44.4. The van der Waals surface area contributed by atoms with Crippen molar-refractivity contribution in [2.24, 2.45) is 11.8 Å². The Morgan fingerprint density at radius 2 is 1.62 bits per heavy atom. The minimum absolute atomic E-state index is 0.00683. The molecule has 0 saturated carbocycles. The van der Waals surface area contributed by atoms with Crippen LogP contribution in [0.25, 0.3) is 0 Å². The largest absolute Gasteiger partial charge is 0.508 e. The average molecular weight is 847 g/mol. The van der Waals surface area contributed by atoms with Crippen LogP contribution in [0.1, 0.15) is 85.5 Å². The fourth-order valence-electron chi connectivity index (χ4n) is 9.85. The number of morpholine rings is 1. The molecule has 0 bridgehead atoms. The number of ether oxygens (including phenoxy) is 2. The number of hydrogen-bond acceptors (Lipinski definition) is 9. The molecular formula is C51H50N4O8. The molecule has 0 radical (unpaired) electrons. The van der Waals surface area contributed by atoms with Gasteiger partial charge >= 0.3 is 18.0 Å². The summed E-state index contributed by atoms with van der Waals surface area (Å²) >= 11 is 0. The summed E-state index contributed by atoms with van der Waals surface area (Å²) in [5.41, 5.74) is 1.85. The van der Waals surface area contributed by atoms with Crippen LogP contribution in [0.5, 0.6) is 5.75 Å². The number of carbonyl (C=O) groups is 5. The lowest BCUT2D eigenvalue weighted by atomic mass is 9.65. The normalized spacial score (nSPS) is 24.3. The van der Waals surface area contributed by atoms with Gasteiger partial charge in [-0.15, -0.1) is 6.58 Å². The van der Waals surface area contributed by atoms with E-state index in [1.165, 1.54) is 25.3 Å². The second-order valence-corrected chi connectivity index (χ2v) is 16.7. The molecule has 7 atom stereocenters. The molecule has 3 N–H and O–H groups in total. The predicted octanol–water partition coefficient (Wildman–Crippen LogP) is 7.12. The van der Waals surface area contributed by atoms with E-state index in [2.05, 4.69) is 35.1 Å². The molecule has 4 amide bonds. The standard InChI is InChI=1S/C51H50N4O8/c1-5-29-52-46(57)40-43-48(59)63-44(35-19-13-8-14-20-35)42(34-17-11-7-12-18-34)55(43)45(36-24-26-37(56)27-25-36)51(40)38-30-33(22-21-32-15-9-6-10-16-32)23-28-39(38)54(49(51)60)50(61)53-41(31(2)3)47(58)62-4/h5,7-8,11-15,17-20,23-28,30-31,40-45,56H,1,6,9-10,16,29H2,2-4H3,(H,52,57)(H,53,61)/t40-,41-,42-,43-,44+,45+,51-/m0/s1. The van der Waals surface area contributed by atoms with Gasteiger partial charge in [0.1, 0.15) is 29.4 Å². The van der Waals surface area contributed by atoms with Crippen LogP contribution in [0.2, 0.25) is 0 Å². The molecule has 8 rings (SSSR count). The summed E-state index contributed by atoms with van der Waals surface area (Å²) in [5.74, 6) is 1.73. The Hall–Kier alpha value is -6.97. The topological polar surface area (TPSA) is 155 Å². The highest BCUT2D eigenvalue weighted by Crippen LogP contribution is 2.66. The number of esters is 2. The van der Waals surface area contributed by atoms with Crippen LogP contribution in [-0.2, 0) is 34.1 Å². The zero-order valence-electron chi connectivity index (χ0n) is 35.5. The minimum atomic E-state index is -2.03. The molecule has 12 heteroatoms. The van der Waals surface area contributed by atoms with Crippen LogP contribution >= 0.6 is 0 Å². The molecule has 12 nitrogen and oxygen atoms in total. The van der Waals surface area contributed by atoms with Gasteiger partial charge in [0, 0.05) is 12.1 Å². The lowest BCUT2D eigenvalue weighted by Gasteiger charge is -2.46. The first-order valence-corrected chi connectivity index (χ1v) is 21.3. The Morgan fingerprint density at radius 1 is 0.921 bits per heavy atom. The number of anilines is 1. The fourth-order valence-corrected chi connectivity index (χ4v) is 9.85. The van der Waals surface area contributed by atoms with E-state index in [-0.39, 0.29) is 23.5 Å². The highest BCUT2D eigenvalue weighted by Gasteiger charge is 2.75. The molecule has 4 aliphatic rings. The number of methoxy groups -OCH3 is 1. The molecule has 3 heterocycles. The van der Waals surface area contributed by atoms with Crippen LogP contribution < -0.4 is 15.5 Å². The quantitative estimate of drug-likeness (QED) is 0.0908. The van der Waals surface area contributed by atoms with Gasteiger partial charge in [-0.3, -0.25) is 19.3 Å². The Kier molecular flexibility index (Phi) is 12.1. The number of benzene rings is 4. The number of hydrogen-bond donors (Lipinski definition) is 3. The van der Waals surface area contributed by atoms with Gasteiger partial charge in [-0.25, -0.2) is 14.5 Å². The number of cyclic esters (lactones) is 1. The van der Waals surface area contributed by atoms with Crippen LogP contribution in [0, 0.1) is 23.7 Å². The number of imide groups is 1. The van der Waals surface area contributed by atoms with Gasteiger partial charge in [0.2, 0.25) is 11.8 Å². The number of fused-ring (bicyclic) bond motifs is 3. The molecule has 322 valence electrons. The number of phenolic OH excluding ortho intramolecular Hbond substituents is 1. The number of carbonyl (C=O) groups excluding carboxylic acids is 5. The van der Waals surface area contributed by atoms with E-state index >= 15 is 14.4 Å². The van der Waals surface area contributed by atoms with Gasteiger partial charge in [0.15, 0.2) is 0 Å². The lowest BCUT2D eigenvalue weighted by Crippen LogP contribution is -2.57. The lowest BCUT2D eigenvalue weighted by molar-refractivity contribution is -0.178. The Bertz CT molecular complexity index is 2530. The number of nitrogens with zero attached hydrogens (tertiary/aromatic N) is 2. The monoisotopic (exact) mass is 846 g/mol. The second kappa shape index (κ2) is 17.8. The minimum Gasteiger partial charge on any atom is -0.508 e. The molecule has 3 aliphatic heterocycles. The summed E-state index contributed by atoms with van der Waals surface area (Å²) in [4.78, 5) is 77.4. The number of nitrogens with one attached hydrogen (secondary N) is 2. The third kappa shape index (κ3) is 7.56. The van der Waals surface area contributed by atoms with Crippen LogP contribution in [-0.4, -0.2) is 65.5 Å². The van der Waals surface area contributed by atoms with E-state index in [4.69, 9.17) is 9.47 Å². The van der Waals surface area contributed by atoms with E-state index in [0.29, 0.717) is 16.7 Å². The first kappa shape index (κ1) is 42.7. The van der Waals surface area contributed by atoms with Crippen molar-refractivity contribution in [2.75, 3.05) is 18.6 Å². The number of phenols is 1. The van der Waals surface area contributed by atoms with Gasteiger partial charge in [0.05, 0.1) is 30.8 Å². The van der Waals surface area contributed by atoms with E-state index in [0.717, 1.165) is 41.7 Å². The Morgan fingerprint density at radius 3 is 2.25 bits per heavy atom. The first-order valence-electron chi connectivity index (χ1n) is 21.3. The summed E-state index contributed by atoms with van der Waals surface area (Å²) < 4.78 is 11.5. The third-order valence-corrected chi connectivity index (χ3v) is 12.6. The van der Waals surface area contributed by atoms with Gasteiger partial charge in [0.25, 0.3) is 0 Å². The summed E-state index contributed by atoms with van der Waals surface area (Å²) in [7, 11) is 1.22. The van der Waals surface area contributed by atoms with Crippen molar-refractivity contribution >= 4 is 35.5 Å². The SMILES string of the molecule is C=CCNC(=O)[C@@H]1[C@H]2C(=O)O[C@H](c3ccccc3)[C@H](c3ccccc3)N2[C@H](c2ccc(O)cc2)[C@@]12C(=O)N(C(=O)N[C@H](C(=O)OC)C(C)C)c1ccc(C#CC3=CCCCC3)cc12. The van der Waals surface area contributed by atoms with Crippen LogP contribution in [0.4, 0.5) is 10.5 Å². The first-order chi connectivity index (χ1) is 30.5. The average Bonchev–Trinajstić information content (AvgIpc) is 3.76. The molecule has 4 aromatic carbocycles. The maximum atomic E-state index is 16.3. The summed E-state index contributed by atoms with van der Waals surface area (Å²) in [6, 6.07) is 24.8. The molecule has 0 aromatic heterocycles. The number of allylic oxidation sites excluding steroid dienone is 2. The third-order valence-electron chi connectivity index (χ3n) is 12.6. The summed E-state index contributed by atoms with van der Waals surface area (Å²) in [5, 5.41) is 16.3. The van der Waals surface area contributed by atoms with Crippen LogP contribution in [0.3, 0.4) is 0 Å². The molecule has 63 heavy (non-hydrogen) atoms. The van der Waals surface area contributed by atoms with Crippen molar-refractivity contribution in [1.29, 1.82) is 0 Å². The molecular weight excluding hydrogens is 797 g/mol. The van der Waals surface area contributed by atoms with Gasteiger partial charge < -0.3 is 25.2 Å². The van der Waals surface area contributed by atoms with E-state index in [1.54, 1.807) is 44.2 Å². The van der Waals surface area contributed by atoms with Crippen LogP contribution in [0.15, 0.2) is 127 Å². The zero-order valence-corrected chi connectivity index (χ0v) is 35.5. The van der Waals surface area contributed by atoms with Crippen molar-refractivity contribution in [3.63, 3.8) is 0 Å². The molecule has 1 spiro atoms. The van der Waals surface area contributed by atoms with Gasteiger partial charge in [-0.2, -0.15) is 0 Å². The van der Waals surface area contributed by atoms with Crippen molar-refractivity contribution in [1.82, 2.24) is 15.5 Å². The van der Waals surface area contributed by atoms with Crippen molar-refractivity contribution in [2.45, 2.75) is 75.2 Å². The van der Waals surface area contributed by atoms with Gasteiger partial charge in [-0.05, 0) is 89.8 Å². The fraction of sp³-hybridized carbons (Fsp3) is 0.314. The molecule has 4 aromatic rings. The van der Waals surface area contributed by atoms with Crippen molar-refractivity contribution < 1.29 is 38.6 Å². The second-order valence-electron chi connectivity index (χ2n) is 16.7. The predicted molar refractivity (Wildman–Crippen MR) is 236 cm³/mol. The van der Waals surface area contributed by atoms with E-state index in [1.807, 2.05) is 65.6 Å². The maximum absolute atomic E-state index is 16.3. The highest BCUT2D eigenvalue weighted by atomic mass is 16.6. The van der Waals surface area contributed by atoms with Crippen molar-refractivity contribution in [3.8, 4) is 17.6 Å². The highest BCUT2D eigenvalue weighted by molar-refractivity contribution is 6.25. The number of amides is 4. The van der Waals surface area contributed by atoms with Gasteiger partial charge in [-0.1, -0.05) is 111 Å². The Labute approximate surface area is 367 Å². The molecule has 2 fully saturated rings. The molecule has 2 saturated heterocycles. The van der Waals surface area contributed by atoms with E-state index < -0.39 is 77.3 Å². The maximum Gasteiger partial charge on any atom is 0.329 e. The van der Waals surface area contributed by atoms with E-state index in [9.17, 15) is 14.7 Å².